The second-order valence-corrected chi connectivity index (χ2v) is 7.89. The van der Waals surface area contributed by atoms with E-state index in [9.17, 15) is 4.79 Å². The number of carbonyl (C=O) groups is 1. The van der Waals surface area contributed by atoms with Crippen LogP contribution in [0.2, 0.25) is 0 Å². The highest BCUT2D eigenvalue weighted by Gasteiger charge is 2.28. The van der Waals surface area contributed by atoms with Crippen molar-refractivity contribution >= 4 is 11.6 Å². The molecule has 1 atom stereocenters. The minimum absolute atomic E-state index is 0.258. The van der Waals surface area contributed by atoms with Crippen molar-refractivity contribution in [2.24, 2.45) is 0 Å². The number of aromatic nitrogens is 3. The Morgan fingerprint density at radius 2 is 1.96 bits per heavy atom. The van der Waals surface area contributed by atoms with E-state index in [1.54, 1.807) is 0 Å². The number of fused-ring (bicyclic) bond motifs is 1. The monoisotopic (exact) mass is 376 g/mol. The third kappa shape index (κ3) is 3.66. The van der Waals surface area contributed by atoms with E-state index in [4.69, 9.17) is 0 Å². The van der Waals surface area contributed by atoms with Gasteiger partial charge in [0.15, 0.2) is 5.65 Å². The highest BCUT2D eigenvalue weighted by molar-refractivity contribution is 5.77. The van der Waals surface area contributed by atoms with Crippen LogP contribution in [0, 0.1) is 20.8 Å². The summed E-state index contributed by atoms with van der Waals surface area (Å²) in [6.07, 6.45) is 4.39. The number of aryl methyl sites for hydroxylation is 3. The molecule has 1 aliphatic heterocycles. The molecule has 3 aromatic rings. The van der Waals surface area contributed by atoms with E-state index in [0.717, 1.165) is 54.1 Å². The minimum Gasteiger partial charge on any atom is -0.339 e. The van der Waals surface area contributed by atoms with Crippen LogP contribution in [0.4, 0.5) is 0 Å². The number of amides is 1. The average Bonchev–Trinajstić information content (AvgIpc) is 3.28. The van der Waals surface area contributed by atoms with Crippen LogP contribution in [0.1, 0.15) is 47.5 Å². The maximum Gasteiger partial charge on any atom is 0.223 e. The molecule has 0 aliphatic carbocycles. The van der Waals surface area contributed by atoms with Crippen LogP contribution in [0.15, 0.2) is 36.4 Å². The molecule has 5 heteroatoms. The minimum atomic E-state index is 0.258. The van der Waals surface area contributed by atoms with E-state index < -0.39 is 0 Å². The van der Waals surface area contributed by atoms with Gasteiger partial charge in [-0.1, -0.05) is 30.3 Å². The molecule has 146 valence electrons. The third-order valence-corrected chi connectivity index (χ3v) is 5.89. The van der Waals surface area contributed by atoms with E-state index in [1.165, 1.54) is 5.56 Å². The molecular formula is C23H28N4O. The van der Waals surface area contributed by atoms with Crippen LogP contribution < -0.4 is 0 Å². The Hall–Kier alpha value is -2.69. The summed E-state index contributed by atoms with van der Waals surface area (Å²) in [6.45, 7) is 6.96. The number of hydrogen-bond donors (Lipinski definition) is 0. The smallest absolute Gasteiger partial charge is 0.223 e. The summed E-state index contributed by atoms with van der Waals surface area (Å²) >= 11 is 0. The largest absolute Gasteiger partial charge is 0.339 e. The van der Waals surface area contributed by atoms with Gasteiger partial charge in [-0.05, 0) is 57.6 Å². The fourth-order valence-corrected chi connectivity index (χ4v) is 4.44. The molecule has 28 heavy (non-hydrogen) atoms. The molecule has 0 saturated carbocycles. The first kappa shape index (κ1) is 18.7. The van der Waals surface area contributed by atoms with Crippen molar-refractivity contribution in [3.63, 3.8) is 0 Å². The lowest BCUT2D eigenvalue weighted by Crippen LogP contribution is -2.37. The van der Waals surface area contributed by atoms with E-state index in [2.05, 4.69) is 46.2 Å². The molecule has 1 fully saturated rings. The molecule has 0 spiro atoms. The fraction of sp³-hybridized carbons (Fsp3) is 0.435. The third-order valence-electron chi connectivity index (χ3n) is 5.89. The van der Waals surface area contributed by atoms with Crippen LogP contribution in [0.5, 0.6) is 0 Å². The Balaban J connectivity index is 1.46. The Morgan fingerprint density at radius 3 is 2.75 bits per heavy atom. The average molecular weight is 377 g/mol. The molecule has 1 aromatic carbocycles. The van der Waals surface area contributed by atoms with Gasteiger partial charge in [0.05, 0.1) is 5.69 Å². The summed E-state index contributed by atoms with van der Waals surface area (Å²) in [6, 6.07) is 12.8. The molecule has 0 bridgehead atoms. The van der Waals surface area contributed by atoms with Crippen molar-refractivity contribution in [1.82, 2.24) is 19.5 Å². The van der Waals surface area contributed by atoms with E-state index in [0.29, 0.717) is 18.9 Å². The molecule has 3 heterocycles. The summed E-state index contributed by atoms with van der Waals surface area (Å²) in [7, 11) is 0. The van der Waals surface area contributed by atoms with Gasteiger partial charge in [0.25, 0.3) is 0 Å². The molecule has 0 N–H and O–H groups in total. The van der Waals surface area contributed by atoms with Crippen molar-refractivity contribution in [2.45, 2.75) is 58.9 Å². The highest BCUT2D eigenvalue weighted by atomic mass is 16.2. The molecule has 5 nitrogen and oxygen atoms in total. The number of benzene rings is 1. The number of carbonyl (C=O) groups excluding carboxylic acids is 1. The van der Waals surface area contributed by atoms with Gasteiger partial charge in [-0.2, -0.15) is 5.10 Å². The van der Waals surface area contributed by atoms with E-state index in [-0.39, 0.29) is 5.91 Å². The molecule has 2 aromatic heterocycles. The second kappa shape index (κ2) is 7.74. The van der Waals surface area contributed by atoms with Crippen molar-refractivity contribution in [3.8, 4) is 0 Å². The predicted molar refractivity (Wildman–Crippen MR) is 110 cm³/mol. The van der Waals surface area contributed by atoms with Crippen LogP contribution in [-0.2, 0) is 17.6 Å². The van der Waals surface area contributed by atoms with E-state index in [1.807, 2.05) is 30.5 Å². The zero-order valence-corrected chi connectivity index (χ0v) is 17.0. The van der Waals surface area contributed by atoms with Gasteiger partial charge in [0.1, 0.15) is 0 Å². The number of rotatable bonds is 5. The van der Waals surface area contributed by atoms with Gasteiger partial charge in [-0.3, -0.25) is 4.79 Å². The molecule has 1 unspecified atom stereocenters. The van der Waals surface area contributed by atoms with Gasteiger partial charge in [0.2, 0.25) is 5.91 Å². The summed E-state index contributed by atoms with van der Waals surface area (Å²) in [5.41, 5.74) is 6.38. The van der Waals surface area contributed by atoms with Gasteiger partial charge in [-0.25, -0.2) is 9.50 Å². The Morgan fingerprint density at radius 1 is 1.18 bits per heavy atom. The first-order valence-electron chi connectivity index (χ1n) is 10.2. The molecule has 1 aliphatic rings. The van der Waals surface area contributed by atoms with Crippen LogP contribution in [0.3, 0.4) is 0 Å². The molecule has 4 rings (SSSR count). The van der Waals surface area contributed by atoms with Gasteiger partial charge >= 0.3 is 0 Å². The van der Waals surface area contributed by atoms with Crippen LogP contribution in [0.25, 0.3) is 5.65 Å². The SMILES string of the molecule is Cc1cc2nc(C)c(CCC(=O)N3CCCC3Cc3ccccc3)c(C)n2n1. The maximum absolute atomic E-state index is 13.0. The Labute approximate surface area is 166 Å². The molecule has 1 saturated heterocycles. The molecule has 1 amide bonds. The summed E-state index contributed by atoms with van der Waals surface area (Å²) < 4.78 is 1.90. The Kier molecular flexibility index (Phi) is 5.16. The first-order chi connectivity index (χ1) is 13.5. The van der Waals surface area contributed by atoms with Gasteiger partial charge in [0, 0.05) is 36.5 Å². The zero-order valence-electron chi connectivity index (χ0n) is 17.0. The number of likely N-dealkylation sites (tertiary alicyclic amines) is 1. The predicted octanol–water partition coefficient (Wildman–Crippen LogP) is 3.82. The lowest BCUT2D eigenvalue weighted by atomic mass is 10.0. The standard InChI is InChI=1S/C23H28N4O/c1-16-14-22-24-17(2)21(18(3)27(22)25-16)11-12-23(28)26-13-7-10-20(26)15-19-8-5-4-6-9-19/h4-6,8-9,14,20H,7,10-13,15H2,1-3H3. The lowest BCUT2D eigenvalue weighted by Gasteiger charge is -2.25. The maximum atomic E-state index is 13.0. The fourth-order valence-electron chi connectivity index (χ4n) is 4.44. The zero-order chi connectivity index (χ0) is 19.7. The summed E-state index contributed by atoms with van der Waals surface area (Å²) in [4.78, 5) is 19.8. The molecular weight excluding hydrogens is 348 g/mol. The van der Waals surface area contributed by atoms with Crippen molar-refractivity contribution in [2.75, 3.05) is 6.54 Å². The normalized spacial score (nSPS) is 16.8. The van der Waals surface area contributed by atoms with E-state index >= 15 is 0 Å². The number of hydrogen-bond acceptors (Lipinski definition) is 3. The van der Waals surface area contributed by atoms with Crippen LogP contribution in [-0.4, -0.2) is 38.0 Å². The Bertz CT molecular complexity index is 993. The number of nitrogens with zero attached hydrogens (tertiary/aromatic N) is 4. The topological polar surface area (TPSA) is 50.5 Å². The lowest BCUT2D eigenvalue weighted by molar-refractivity contribution is -0.131. The van der Waals surface area contributed by atoms with Crippen molar-refractivity contribution in [1.29, 1.82) is 0 Å². The highest BCUT2D eigenvalue weighted by Crippen LogP contribution is 2.23. The van der Waals surface area contributed by atoms with Crippen LogP contribution >= 0.6 is 0 Å². The quantitative estimate of drug-likeness (QED) is 0.680. The second-order valence-electron chi connectivity index (χ2n) is 7.89. The summed E-state index contributed by atoms with van der Waals surface area (Å²) in [5.74, 6) is 0.258. The van der Waals surface area contributed by atoms with Gasteiger partial charge in [-0.15, -0.1) is 0 Å². The van der Waals surface area contributed by atoms with Crippen molar-refractivity contribution < 1.29 is 4.79 Å². The van der Waals surface area contributed by atoms with Gasteiger partial charge < -0.3 is 4.90 Å². The summed E-state index contributed by atoms with van der Waals surface area (Å²) in [5, 5.41) is 4.54. The molecule has 0 radical (unpaired) electrons. The van der Waals surface area contributed by atoms with Crippen molar-refractivity contribution in [3.05, 3.63) is 64.6 Å². The first-order valence-corrected chi connectivity index (χ1v) is 10.2.